The molecule has 0 fully saturated rings. The van der Waals surface area contributed by atoms with Crippen LogP contribution in [0.25, 0.3) is 0 Å². The number of hydrogen-bond donors (Lipinski definition) is 1. The quantitative estimate of drug-likeness (QED) is 0.798. The number of halogens is 1. The molecule has 1 heterocycles. The fourth-order valence-electron chi connectivity index (χ4n) is 2.59. The van der Waals surface area contributed by atoms with E-state index in [9.17, 15) is 0 Å². The number of nitrogens with one attached hydrogen (secondary N) is 1. The van der Waals surface area contributed by atoms with Gasteiger partial charge in [-0.2, -0.15) is 11.8 Å². The molecule has 0 aliphatic carbocycles. The molecule has 118 valence electrons. The van der Waals surface area contributed by atoms with E-state index in [4.69, 9.17) is 4.74 Å². The average Bonchev–Trinajstić information content (AvgIpc) is 2.83. The molecule has 1 unspecified atom stereocenters. The third-order valence-electron chi connectivity index (χ3n) is 3.50. The van der Waals surface area contributed by atoms with Crippen molar-refractivity contribution >= 4 is 27.7 Å². The maximum absolute atomic E-state index is 5.85. The molecule has 0 radical (unpaired) electrons. The van der Waals surface area contributed by atoms with Crippen molar-refractivity contribution in [3.05, 3.63) is 27.7 Å². The van der Waals surface area contributed by atoms with Gasteiger partial charge in [0, 0.05) is 27.4 Å². The number of hydrogen-bond acceptors (Lipinski definition) is 3. The Morgan fingerprint density at radius 2 is 2.14 bits per heavy atom. The zero-order valence-electron chi connectivity index (χ0n) is 13.5. The zero-order chi connectivity index (χ0) is 15.5. The van der Waals surface area contributed by atoms with Gasteiger partial charge in [0.25, 0.3) is 0 Å². The normalized spacial score (nSPS) is 15.7. The summed E-state index contributed by atoms with van der Waals surface area (Å²) in [4.78, 5) is 0. The molecular weight excluding hydrogens is 346 g/mol. The summed E-state index contributed by atoms with van der Waals surface area (Å²) in [5.41, 5.74) is 2.68. The fraction of sp³-hybridized carbons (Fsp3) is 0.647. The molecule has 2 rings (SSSR count). The lowest BCUT2D eigenvalue weighted by molar-refractivity contribution is 0.352. The van der Waals surface area contributed by atoms with Crippen LogP contribution in [0.4, 0.5) is 0 Å². The van der Waals surface area contributed by atoms with Gasteiger partial charge in [-0.15, -0.1) is 0 Å². The lowest BCUT2D eigenvalue weighted by Gasteiger charge is -2.24. The van der Waals surface area contributed by atoms with Crippen LogP contribution in [-0.2, 0) is 12.8 Å². The predicted molar refractivity (Wildman–Crippen MR) is 96.7 cm³/mol. The van der Waals surface area contributed by atoms with Crippen molar-refractivity contribution in [2.24, 2.45) is 0 Å². The van der Waals surface area contributed by atoms with Gasteiger partial charge in [0.2, 0.25) is 0 Å². The van der Waals surface area contributed by atoms with Crippen molar-refractivity contribution in [3.8, 4) is 5.75 Å². The van der Waals surface area contributed by atoms with Crippen LogP contribution >= 0.6 is 27.7 Å². The summed E-state index contributed by atoms with van der Waals surface area (Å²) in [6.45, 7) is 10.8. The van der Waals surface area contributed by atoms with Crippen molar-refractivity contribution in [1.82, 2.24) is 5.32 Å². The number of fused-ring (bicyclic) bond motifs is 1. The minimum atomic E-state index is 0.309. The van der Waals surface area contributed by atoms with E-state index in [1.165, 1.54) is 15.6 Å². The second kappa shape index (κ2) is 7.38. The van der Waals surface area contributed by atoms with E-state index in [-0.39, 0.29) is 0 Å². The first-order valence-corrected chi connectivity index (χ1v) is 9.48. The van der Waals surface area contributed by atoms with Gasteiger partial charge in [0.1, 0.15) is 5.75 Å². The largest absolute Gasteiger partial charge is 0.493 e. The smallest absolute Gasteiger partial charge is 0.125 e. The molecule has 0 amide bonds. The summed E-state index contributed by atoms with van der Waals surface area (Å²) in [6.07, 6.45) is 2.06. The number of rotatable bonds is 6. The molecule has 1 aromatic rings. The summed E-state index contributed by atoms with van der Waals surface area (Å²) in [5.74, 6) is 2.25. The Labute approximate surface area is 141 Å². The van der Waals surface area contributed by atoms with Crippen LogP contribution in [0.15, 0.2) is 16.6 Å². The van der Waals surface area contributed by atoms with Crippen molar-refractivity contribution in [1.29, 1.82) is 0 Å². The average molecular weight is 372 g/mol. The van der Waals surface area contributed by atoms with Gasteiger partial charge < -0.3 is 10.1 Å². The van der Waals surface area contributed by atoms with Gasteiger partial charge in [0.15, 0.2) is 0 Å². The van der Waals surface area contributed by atoms with Crippen LogP contribution in [0.3, 0.4) is 0 Å². The monoisotopic (exact) mass is 371 g/mol. The molecular formula is C17H26BrNOS. The van der Waals surface area contributed by atoms with E-state index >= 15 is 0 Å². The molecule has 0 saturated heterocycles. The molecule has 0 saturated carbocycles. The first kappa shape index (κ1) is 17.2. The Balaban J connectivity index is 2.10. The molecule has 2 nitrogen and oxygen atoms in total. The van der Waals surface area contributed by atoms with E-state index < -0.39 is 0 Å². The van der Waals surface area contributed by atoms with E-state index in [2.05, 4.69) is 61.1 Å². The highest BCUT2D eigenvalue weighted by molar-refractivity contribution is 9.10. The van der Waals surface area contributed by atoms with Crippen LogP contribution in [-0.4, -0.2) is 29.7 Å². The Bertz CT molecular complexity index is 484. The lowest BCUT2D eigenvalue weighted by atomic mass is 10.0. The number of benzene rings is 1. The van der Waals surface area contributed by atoms with Crippen LogP contribution in [0, 0.1) is 0 Å². The molecule has 1 atom stereocenters. The Morgan fingerprint density at radius 1 is 1.38 bits per heavy atom. The van der Waals surface area contributed by atoms with Gasteiger partial charge >= 0.3 is 0 Å². The Morgan fingerprint density at radius 3 is 2.81 bits per heavy atom. The highest BCUT2D eigenvalue weighted by Gasteiger charge is 2.21. The van der Waals surface area contributed by atoms with Crippen molar-refractivity contribution in [2.75, 3.05) is 18.9 Å². The second-order valence-corrected chi connectivity index (χ2v) is 9.30. The van der Waals surface area contributed by atoms with Crippen molar-refractivity contribution < 1.29 is 4.74 Å². The summed E-state index contributed by atoms with van der Waals surface area (Å²) in [5, 5.41) is 3.62. The van der Waals surface area contributed by atoms with Gasteiger partial charge in [-0.3, -0.25) is 0 Å². The molecule has 1 aromatic carbocycles. The summed E-state index contributed by atoms with van der Waals surface area (Å²) in [6, 6.07) is 4.90. The molecule has 21 heavy (non-hydrogen) atoms. The SMILES string of the molecule is CCNC(CSC(C)(C)C)Cc1cc(Br)cc2c1OCC2. The molecule has 1 aliphatic heterocycles. The number of likely N-dealkylation sites (N-methyl/N-ethyl adjacent to an activating group) is 1. The Hall–Kier alpha value is -0.190. The standard InChI is InChI=1S/C17H26BrNOS/c1-5-19-15(11-21-17(2,3)4)10-13-9-14(18)8-12-6-7-20-16(12)13/h8-9,15,19H,5-7,10-11H2,1-4H3. The van der Waals surface area contributed by atoms with Gasteiger partial charge in [-0.25, -0.2) is 0 Å². The first-order chi connectivity index (χ1) is 9.89. The minimum Gasteiger partial charge on any atom is -0.493 e. The third-order valence-corrected chi connectivity index (χ3v) is 5.39. The van der Waals surface area contributed by atoms with E-state index in [0.29, 0.717) is 10.8 Å². The van der Waals surface area contributed by atoms with Gasteiger partial charge in [-0.1, -0.05) is 43.6 Å². The minimum absolute atomic E-state index is 0.309. The molecule has 1 N–H and O–H groups in total. The molecule has 0 spiro atoms. The zero-order valence-corrected chi connectivity index (χ0v) is 15.9. The van der Waals surface area contributed by atoms with E-state index in [1.807, 2.05) is 11.8 Å². The summed E-state index contributed by atoms with van der Waals surface area (Å²) < 4.78 is 7.33. The second-order valence-electron chi connectivity index (χ2n) is 6.53. The Kier molecular flexibility index (Phi) is 6.04. The molecule has 1 aliphatic rings. The molecule has 0 bridgehead atoms. The third kappa shape index (κ3) is 5.19. The van der Waals surface area contributed by atoms with Crippen molar-refractivity contribution in [2.45, 2.75) is 51.3 Å². The summed E-state index contributed by atoms with van der Waals surface area (Å²) in [7, 11) is 0. The van der Waals surface area contributed by atoms with E-state index in [0.717, 1.165) is 37.5 Å². The highest BCUT2D eigenvalue weighted by Crippen LogP contribution is 2.34. The van der Waals surface area contributed by atoms with E-state index in [1.54, 1.807) is 0 Å². The highest BCUT2D eigenvalue weighted by atomic mass is 79.9. The maximum atomic E-state index is 5.85. The number of thioether (sulfide) groups is 1. The van der Waals surface area contributed by atoms with Gasteiger partial charge in [0.05, 0.1) is 6.61 Å². The fourth-order valence-corrected chi connectivity index (χ4v) is 4.08. The number of ether oxygens (including phenoxy) is 1. The lowest BCUT2D eigenvalue weighted by Crippen LogP contribution is -2.34. The van der Waals surface area contributed by atoms with Crippen LogP contribution < -0.4 is 10.1 Å². The summed E-state index contributed by atoms with van der Waals surface area (Å²) >= 11 is 5.66. The van der Waals surface area contributed by atoms with Gasteiger partial charge in [-0.05, 0) is 36.2 Å². The molecule has 4 heteroatoms. The first-order valence-electron chi connectivity index (χ1n) is 7.70. The van der Waals surface area contributed by atoms with Crippen molar-refractivity contribution in [3.63, 3.8) is 0 Å². The topological polar surface area (TPSA) is 21.3 Å². The van der Waals surface area contributed by atoms with Crippen LogP contribution in [0.2, 0.25) is 0 Å². The van der Waals surface area contributed by atoms with Crippen LogP contribution in [0.1, 0.15) is 38.8 Å². The molecule has 0 aromatic heterocycles. The predicted octanol–water partition coefficient (Wildman–Crippen LogP) is 4.44. The van der Waals surface area contributed by atoms with Crippen LogP contribution in [0.5, 0.6) is 5.75 Å². The maximum Gasteiger partial charge on any atom is 0.125 e.